The van der Waals surface area contributed by atoms with E-state index in [0.717, 1.165) is 51.6 Å². The second-order valence-corrected chi connectivity index (χ2v) is 18.2. The maximum atomic E-state index is 12.4. The third-order valence-electron chi connectivity index (χ3n) is 6.33. The van der Waals surface area contributed by atoms with E-state index in [1.165, 1.54) is 10.4 Å². The van der Waals surface area contributed by atoms with E-state index in [1.807, 2.05) is 48.5 Å². The highest BCUT2D eigenvalue weighted by Gasteiger charge is 2.36. The summed E-state index contributed by atoms with van der Waals surface area (Å²) in [6.07, 6.45) is 6.57. The molecule has 0 bridgehead atoms. The lowest BCUT2D eigenvalue weighted by molar-refractivity contribution is 0.0945. The predicted molar refractivity (Wildman–Crippen MR) is 152 cm³/mol. The van der Waals surface area contributed by atoms with Crippen LogP contribution in [0, 0.1) is 0 Å². The molecule has 0 fully saturated rings. The summed E-state index contributed by atoms with van der Waals surface area (Å²) in [5.41, 5.74) is 1.38. The Balaban J connectivity index is 2.01. The maximum absolute atomic E-state index is 12.4. The fourth-order valence-electron chi connectivity index (χ4n) is 4.16. The van der Waals surface area contributed by atoms with Gasteiger partial charge in [-0.05, 0) is 73.7 Å². The second kappa shape index (κ2) is 13.8. The van der Waals surface area contributed by atoms with Crippen LogP contribution in [0.4, 0.5) is 0 Å². The fraction of sp³-hybridized carbons (Fsp3) is 0.500. The van der Waals surface area contributed by atoms with Crippen molar-refractivity contribution in [1.29, 1.82) is 0 Å². The summed E-state index contributed by atoms with van der Waals surface area (Å²) in [6, 6.07) is 15.8. The molecule has 2 rings (SSSR count). The molecule has 0 saturated heterocycles. The first-order chi connectivity index (χ1) is 16.6. The quantitative estimate of drug-likeness (QED) is 0.274. The molecule has 0 aliphatic rings. The third-order valence-corrected chi connectivity index (χ3v) is 13.9. The average Bonchev–Trinajstić information content (AvgIpc) is 2.84. The van der Waals surface area contributed by atoms with Gasteiger partial charge in [-0.15, -0.1) is 0 Å². The van der Waals surface area contributed by atoms with Crippen LogP contribution in [0.15, 0.2) is 48.5 Å². The van der Waals surface area contributed by atoms with E-state index in [2.05, 4.69) is 50.7 Å². The van der Waals surface area contributed by atoms with Gasteiger partial charge in [0.15, 0.2) is 0 Å². The van der Waals surface area contributed by atoms with Crippen molar-refractivity contribution < 1.29 is 13.7 Å². The van der Waals surface area contributed by atoms with Gasteiger partial charge in [-0.3, -0.25) is 9.59 Å². The molecule has 2 N–H and O–H groups in total. The summed E-state index contributed by atoms with van der Waals surface area (Å²) < 4.78 is 6.86. The molecule has 0 aliphatic heterocycles. The average molecular weight is 513 g/mol. The minimum absolute atomic E-state index is 0.0164. The minimum Gasteiger partial charge on any atom is -0.449 e. The van der Waals surface area contributed by atoms with E-state index in [0.29, 0.717) is 11.1 Å². The van der Waals surface area contributed by atoms with Crippen molar-refractivity contribution in [3.05, 3.63) is 59.7 Å². The summed E-state index contributed by atoms with van der Waals surface area (Å²) in [4.78, 5) is 24.8. The SMILES string of the molecule is CCCCCNC(=O)c1ccc([Si](C)(C)O[Si](C)(C)c2ccc(C(=O)NCCCCC)cc2)cc1. The molecular weight excluding hydrogens is 468 g/mol. The van der Waals surface area contributed by atoms with Crippen molar-refractivity contribution in [2.75, 3.05) is 13.1 Å². The van der Waals surface area contributed by atoms with Gasteiger partial charge in [0.25, 0.3) is 11.8 Å². The van der Waals surface area contributed by atoms with E-state index in [-0.39, 0.29) is 11.8 Å². The summed E-state index contributed by atoms with van der Waals surface area (Å²) in [5.74, 6) is -0.0329. The highest BCUT2D eigenvalue weighted by molar-refractivity contribution is 6.96. The van der Waals surface area contributed by atoms with Crippen LogP contribution in [0.25, 0.3) is 0 Å². The number of hydrogen-bond donors (Lipinski definition) is 2. The van der Waals surface area contributed by atoms with Crippen LogP contribution < -0.4 is 21.0 Å². The standard InChI is InChI=1S/C28H44N2O3Si2/c1-7-9-11-21-29-27(31)23-13-17-25(18-14-23)34(3,4)33-35(5,6)26-19-15-24(16-20-26)28(32)30-22-12-10-8-2/h13-20H,7-12,21-22H2,1-6H3,(H,29,31)(H,30,32). The monoisotopic (exact) mass is 512 g/mol. The van der Waals surface area contributed by atoms with E-state index >= 15 is 0 Å². The Hall–Kier alpha value is -2.23. The van der Waals surface area contributed by atoms with Gasteiger partial charge in [0, 0.05) is 24.2 Å². The normalized spacial score (nSPS) is 11.8. The summed E-state index contributed by atoms with van der Waals surface area (Å²) >= 11 is 0. The minimum atomic E-state index is -2.20. The molecule has 5 nitrogen and oxygen atoms in total. The molecule has 0 aliphatic carbocycles. The van der Waals surface area contributed by atoms with Gasteiger partial charge >= 0.3 is 0 Å². The van der Waals surface area contributed by atoms with Crippen LogP contribution in [0.3, 0.4) is 0 Å². The molecule has 0 spiro atoms. The Bertz CT molecular complexity index is 864. The van der Waals surface area contributed by atoms with E-state index in [4.69, 9.17) is 4.12 Å². The molecule has 0 atom stereocenters. The molecule has 0 aromatic heterocycles. The fourth-order valence-corrected chi connectivity index (χ4v) is 12.1. The van der Waals surface area contributed by atoms with Crippen LogP contribution in [0.5, 0.6) is 0 Å². The van der Waals surface area contributed by atoms with Gasteiger partial charge in [0.05, 0.1) is 0 Å². The van der Waals surface area contributed by atoms with Gasteiger partial charge < -0.3 is 14.7 Å². The number of amides is 2. The van der Waals surface area contributed by atoms with Gasteiger partial charge in [-0.2, -0.15) is 0 Å². The number of carbonyl (C=O) groups is 2. The first-order valence-corrected chi connectivity index (χ1v) is 18.9. The Morgan fingerprint density at radius 3 is 1.29 bits per heavy atom. The highest BCUT2D eigenvalue weighted by Crippen LogP contribution is 2.16. The van der Waals surface area contributed by atoms with Crippen LogP contribution in [0.2, 0.25) is 26.2 Å². The van der Waals surface area contributed by atoms with Gasteiger partial charge in [0.2, 0.25) is 16.6 Å². The van der Waals surface area contributed by atoms with Crippen LogP contribution >= 0.6 is 0 Å². The lowest BCUT2D eigenvalue weighted by Gasteiger charge is -2.34. The van der Waals surface area contributed by atoms with E-state index in [9.17, 15) is 9.59 Å². The number of hydrogen-bond acceptors (Lipinski definition) is 3. The van der Waals surface area contributed by atoms with Gasteiger partial charge in [-0.25, -0.2) is 0 Å². The molecule has 7 heteroatoms. The summed E-state index contributed by atoms with van der Waals surface area (Å²) in [6.45, 7) is 14.6. The lowest BCUT2D eigenvalue weighted by atomic mass is 10.2. The zero-order valence-electron chi connectivity index (χ0n) is 22.5. The molecule has 2 aromatic carbocycles. The largest absolute Gasteiger partial charge is 0.449 e. The summed E-state index contributed by atoms with van der Waals surface area (Å²) in [7, 11) is -4.40. The first kappa shape index (κ1) is 29.0. The smallest absolute Gasteiger partial charge is 0.251 e. The first-order valence-electron chi connectivity index (χ1n) is 13.1. The van der Waals surface area contributed by atoms with Crippen molar-refractivity contribution in [2.45, 2.75) is 78.6 Å². The zero-order chi connectivity index (χ0) is 25.9. The molecule has 0 unspecified atom stereocenters. The lowest BCUT2D eigenvalue weighted by Crippen LogP contribution is -2.57. The van der Waals surface area contributed by atoms with Crippen molar-refractivity contribution >= 4 is 38.8 Å². The number of carbonyl (C=O) groups excluding carboxylic acids is 2. The Morgan fingerprint density at radius 2 is 0.971 bits per heavy atom. The van der Waals surface area contributed by atoms with Gasteiger partial charge in [0.1, 0.15) is 0 Å². The van der Waals surface area contributed by atoms with E-state index < -0.39 is 16.6 Å². The number of benzene rings is 2. The van der Waals surface area contributed by atoms with Gasteiger partial charge in [-0.1, -0.05) is 63.8 Å². The molecule has 2 aromatic rings. The Morgan fingerprint density at radius 1 is 0.629 bits per heavy atom. The predicted octanol–water partition coefficient (Wildman–Crippen LogP) is 5.07. The Kier molecular flexibility index (Phi) is 11.4. The molecule has 0 radical (unpaired) electrons. The van der Waals surface area contributed by atoms with Crippen LogP contribution in [-0.4, -0.2) is 41.5 Å². The maximum Gasteiger partial charge on any atom is 0.251 e. The number of rotatable bonds is 14. The topological polar surface area (TPSA) is 67.4 Å². The third kappa shape index (κ3) is 9.05. The van der Waals surface area contributed by atoms with E-state index in [1.54, 1.807) is 0 Å². The van der Waals surface area contributed by atoms with Crippen molar-refractivity contribution in [2.24, 2.45) is 0 Å². The number of nitrogens with one attached hydrogen (secondary N) is 2. The highest BCUT2D eigenvalue weighted by atomic mass is 28.4. The van der Waals surface area contributed by atoms with Crippen molar-refractivity contribution in [3.8, 4) is 0 Å². The van der Waals surface area contributed by atoms with Crippen molar-refractivity contribution in [1.82, 2.24) is 10.6 Å². The molecular formula is C28H44N2O3Si2. The summed E-state index contributed by atoms with van der Waals surface area (Å²) in [5, 5.41) is 8.34. The molecule has 192 valence electrons. The Labute approximate surface area is 214 Å². The van der Waals surface area contributed by atoms with Crippen LogP contribution in [0.1, 0.15) is 73.1 Å². The molecule has 0 heterocycles. The number of unbranched alkanes of at least 4 members (excludes halogenated alkanes) is 4. The second-order valence-electron chi connectivity index (χ2n) is 10.2. The van der Waals surface area contributed by atoms with Crippen molar-refractivity contribution in [3.63, 3.8) is 0 Å². The molecule has 35 heavy (non-hydrogen) atoms. The zero-order valence-corrected chi connectivity index (χ0v) is 24.5. The molecule has 0 saturated carbocycles. The van der Waals surface area contributed by atoms with Crippen LogP contribution in [-0.2, 0) is 4.12 Å². The molecule has 2 amide bonds.